The number of carbonyl (C=O) groups is 2. The molecule has 2 aromatic rings. The van der Waals surface area contributed by atoms with Crippen molar-refractivity contribution in [2.45, 2.75) is 18.9 Å². The number of nitriles is 1. The van der Waals surface area contributed by atoms with Crippen molar-refractivity contribution in [2.24, 2.45) is 0 Å². The van der Waals surface area contributed by atoms with Gasteiger partial charge >= 0.3 is 0 Å². The van der Waals surface area contributed by atoms with E-state index >= 15 is 0 Å². The molecule has 28 heavy (non-hydrogen) atoms. The Hall–Kier alpha value is -3.08. The van der Waals surface area contributed by atoms with E-state index in [1.165, 1.54) is 24.3 Å². The Balaban J connectivity index is 1.72. The van der Waals surface area contributed by atoms with Gasteiger partial charge in [0.15, 0.2) is 0 Å². The molecule has 144 valence electrons. The minimum absolute atomic E-state index is 0.0205. The lowest BCUT2D eigenvalue weighted by Crippen LogP contribution is -2.32. The average molecular weight is 400 g/mol. The number of benzene rings is 1. The number of nitrogens with one attached hydrogen (secondary N) is 1. The predicted molar refractivity (Wildman–Crippen MR) is 99.1 cm³/mol. The number of nitrogens with zero attached hydrogens (tertiary/aromatic N) is 1. The molecule has 0 saturated carbocycles. The first-order valence-corrected chi connectivity index (χ1v) is 8.98. The highest BCUT2D eigenvalue weighted by atomic mass is 35.5. The molecule has 1 aromatic carbocycles. The lowest BCUT2D eigenvalue weighted by Gasteiger charge is -2.09. The van der Waals surface area contributed by atoms with E-state index in [1.807, 2.05) is 6.07 Å². The standard InChI is InChI=1S/C20H17ClN2O5/c21-17-9-12(3-5-16(17)20(25)26)18-6-4-14(28-18)8-13(10-22)19(24)23-11-15-2-1-7-27-15/h3-6,8-9,15H,1-2,7,11H2,(H,23,24)(H,25,26)/p-1/b13-8-/t15-/m1/s1. The van der Waals surface area contributed by atoms with Crippen LogP contribution in [0, 0.1) is 11.3 Å². The van der Waals surface area contributed by atoms with E-state index in [-0.39, 0.29) is 22.3 Å². The molecular formula is C20H16ClN2O5-. The topological polar surface area (TPSA) is 115 Å². The molecule has 8 heteroatoms. The minimum Gasteiger partial charge on any atom is -0.545 e. The number of carbonyl (C=O) groups excluding carboxylic acids is 2. The Morgan fingerprint density at radius 2 is 2.18 bits per heavy atom. The minimum atomic E-state index is -1.37. The fraction of sp³-hybridized carbons (Fsp3) is 0.250. The second kappa shape index (κ2) is 8.74. The maximum absolute atomic E-state index is 12.2. The molecule has 7 nitrogen and oxygen atoms in total. The highest BCUT2D eigenvalue weighted by Crippen LogP contribution is 2.27. The summed E-state index contributed by atoms with van der Waals surface area (Å²) in [6.07, 6.45) is 3.16. The Bertz CT molecular complexity index is 967. The molecule has 1 atom stereocenters. The number of rotatable bonds is 6. The summed E-state index contributed by atoms with van der Waals surface area (Å²) in [6.45, 7) is 1.04. The van der Waals surface area contributed by atoms with E-state index in [4.69, 9.17) is 20.8 Å². The van der Waals surface area contributed by atoms with Gasteiger partial charge in [0, 0.05) is 30.4 Å². The summed E-state index contributed by atoms with van der Waals surface area (Å²) in [4.78, 5) is 23.1. The molecule has 3 rings (SSSR count). The number of halogens is 1. The largest absolute Gasteiger partial charge is 0.545 e. The van der Waals surface area contributed by atoms with Gasteiger partial charge in [-0.15, -0.1) is 0 Å². The van der Waals surface area contributed by atoms with Crippen molar-refractivity contribution in [3.8, 4) is 17.4 Å². The molecule has 0 radical (unpaired) electrons. The molecular weight excluding hydrogens is 384 g/mol. The van der Waals surface area contributed by atoms with Crippen molar-refractivity contribution in [1.82, 2.24) is 5.32 Å². The molecule has 1 amide bonds. The predicted octanol–water partition coefficient (Wildman–Crippen LogP) is 2.17. The summed E-state index contributed by atoms with van der Waals surface area (Å²) in [5, 5.41) is 22.9. The highest BCUT2D eigenvalue weighted by Gasteiger charge is 2.18. The van der Waals surface area contributed by atoms with Crippen LogP contribution in [0.5, 0.6) is 0 Å². The van der Waals surface area contributed by atoms with Gasteiger partial charge in [0.25, 0.3) is 5.91 Å². The fourth-order valence-electron chi connectivity index (χ4n) is 2.82. The zero-order chi connectivity index (χ0) is 20.1. The molecule has 1 aliphatic rings. The molecule has 1 fully saturated rings. The Morgan fingerprint density at radius 1 is 1.36 bits per heavy atom. The first-order valence-electron chi connectivity index (χ1n) is 8.60. The lowest BCUT2D eigenvalue weighted by atomic mass is 10.1. The average Bonchev–Trinajstić information content (AvgIpc) is 3.35. The van der Waals surface area contributed by atoms with Gasteiger partial charge in [-0.05, 0) is 31.0 Å². The summed E-state index contributed by atoms with van der Waals surface area (Å²) < 4.78 is 11.1. The van der Waals surface area contributed by atoms with Gasteiger partial charge in [-0.25, -0.2) is 0 Å². The van der Waals surface area contributed by atoms with Crippen molar-refractivity contribution in [2.75, 3.05) is 13.2 Å². The van der Waals surface area contributed by atoms with Crippen LogP contribution in [0.15, 0.2) is 40.3 Å². The van der Waals surface area contributed by atoms with E-state index < -0.39 is 11.9 Å². The van der Waals surface area contributed by atoms with Crippen LogP contribution >= 0.6 is 11.6 Å². The maximum Gasteiger partial charge on any atom is 0.262 e. The van der Waals surface area contributed by atoms with Gasteiger partial charge in [-0.2, -0.15) is 5.26 Å². The summed E-state index contributed by atoms with van der Waals surface area (Å²) in [5.41, 5.74) is 0.340. The number of hydrogen-bond donors (Lipinski definition) is 1. The first-order chi connectivity index (χ1) is 13.5. The Labute approximate surface area is 166 Å². The fourth-order valence-corrected chi connectivity index (χ4v) is 3.08. The molecule has 0 aliphatic carbocycles. The third-order valence-electron chi connectivity index (χ3n) is 4.27. The van der Waals surface area contributed by atoms with E-state index in [1.54, 1.807) is 12.1 Å². The van der Waals surface area contributed by atoms with E-state index in [2.05, 4.69) is 5.32 Å². The Kier molecular flexibility index (Phi) is 6.14. The van der Waals surface area contributed by atoms with Crippen LogP contribution in [0.25, 0.3) is 17.4 Å². The normalized spacial score (nSPS) is 16.6. The monoisotopic (exact) mass is 399 g/mol. The second-order valence-corrected chi connectivity index (χ2v) is 6.61. The van der Waals surface area contributed by atoms with Crippen LogP contribution < -0.4 is 10.4 Å². The summed E-state index contributed by atoms with van der Waals surface area (Å²) in [6, 6.07) is 9.39. The third-order valence-corrected chi connectivity index (χ3v) is 4.58. The van der Waals surface area contributed by atoms with Gasteiger partial charge in [0.2, 0.25) is 0 Å². The quantitative estimate of drug-likeness (QED) is 0.587. The van der Waals surface area contributed by atoms with Gasteiger partial charge in [-0.1, -0.05) is 23.7 Å². The van der Waals surface area contributed by atoms with Crippen LogP contribution in [0.2, 0.25) is 5.02 Å². The first kappa shape index (κ1) is 19.7. The van der Waals surface area contributed by atoms with Crippen LogP contribution in [0.3, 0.4) is 0 Å². The molecule has 1 aromatic heterocycles. The number of carboxylic acid groups (broad SMARTS) is 1. The van der Waals surface area contributed by atoms with Gasteiger partial charge in [-0.3, -0.25) is 4.79 Å². The van der Waals surface area contributed by atoms with Crippen molar-refractivity contribution >= 4 is 29.6 Å². The van der Waals surface area contributed by atoms with Gasteiger partial charge < -0.3 is 24.4 Å². The zero-order valence-corrected chi connectivity index (χ0v) is 15.5. The number of furan rings is 1. The third kappa shape index (κ3) is 4.60. The number of aromatic carboxylic acids is 1. The summed E-state index contributed by atoms with van der Waals surface area (Å²) in [5.74, 6) is -1.15. The second-order valence-electron chi connectivity index (χ2n) is 6.20. The van der Waals surface area contributed by atoms with E-state index in [0.29, 0.717) is 30.2 Å². The van der Waals surface area contributed by atoms with Crippen molar-refractivity contribution in [1.29, 1.82) is 5.26 Å². The molecule has 1 saturated heterocycles. The van der Waals surface area contributed by atoms with Crippen molar-refractivity contribution in [3.05, 3.63) is 52.3 Å². The molecule has 1 aliphatic heterocycles. The molecule has 0 spiro atoms. The summed E-state index contributed by atoms with van der Waals surface area (Å²) in [7, 11) is 0. The number of ether oxygens (including phenoxy) is 1. The van der Waals surface area contributed by atoms with Gasteiger partial charge in [0.05, 0.1) is 17.1 Å². The molecule has 0 unspecified atom stereocenters. The lowest BCUT2D eigenvalue weighted by molar-refractivity contribution is -0.255. The van der Waals surface area contributed by atoms with E-state index in [9.17, 15) is 20.0 Å². The Morgan fingerprint density at radius 3 is 2.82 bits per heavy atom. The van der Waals surface area contributed by atoms with Crippen LogP contribution in [-0.2, 0) is 9.53 Å². The zero-order valence-electron chi connectivity index (χ0n) is 14.7. The maximum atomic E-state index is 12.2. The molecule has 2 heterocycles. The van der Waals surface area contributed by atoms with Crippen molar-refractivity contribution < 1.29 is 23.8 Å². The van der Waals surface area contributed by atoms with Crippen molar-refractivity contribution in [3.63, 3.8) is 0 Å². The number of carboxylic acids is 1. The molecule has 1 N–H and O–H groups in total. The van der Waals surface area contributed by atoms with E-state index in [0.717, 1.165) is 12.8 Å². The smallest absolute Gasteiger partial charge is 0.262 e. The summed E-state index contributed by atoms with van der Waals surface area (Å²) >= 11 is 5.94. The molecule has 0 bridgehead atoms. The number of hydrogen-bond acceptors (Lipinski definition) is 6. The van der Waals surface area contributed by atoms with Crippen LogP contribution in [0.4, 0.5) is 0 Å². The SMILES string of the molecule is N#C/C(=C/c1ccc(-c2ccc(C(=O)[O-])c(Cl)c2)o1)C(=O)NC[C@H]1CCCO1. The van der Waals surface area contributed by atoms with Crippen LogP contribution in [0.1, 0.15) is 29.0 Å². The highest BCUT2D eigenvalue weighted by molar-refractivity contribution is 6.33. The van der Waals surface area contributed by atoms with Gasteiger partial charge in [0.1, 0.15) is 23.2 Å². The van der Waals surface area contributed by atoms with Crippen LogP contribution in [-0.4, -0.2) is 31.1 Å². The number of amides is 1.